The Balaban J connectivity index is 1.89. The van der Waals surface area contributed by atoms with Crippen molar-refractivity contribution >= 4 is 17.6 Å². The average Bonchev–Trinajstić information content (AvgIpc) is 2.60. The number of aromatic nitrogens is 1. The van der Waals surface area contributed by atoms with Gasteiger partial charge >= 0.3 is 0 Å². The molecule has 6 nitrogen and oxygen atoms in total. The van der Waals surface area contributed by atoms with E-state index in [1.165, 1.54) is 0 Å². The van der Waals surface area contributed by atoms with E-state index in [4.69, 9.17) is 0 Å². The van der Waals surface area contributed by atoms with Gasteiger partial charge in [-0.05, 0) is 45.2 Å². The Kier molecular flexibility index (Phi) is 6.98. The molecule has 1 aromatic heterocycles. The first kappa shape index (κ1) is 19.0. The molecule has 0 aliphatic heterocycles. The van der Waals surface area contributed by atoms with Crippen LogP contribution in [0, 0.1) is 5.92 Å². The minimum Gasteiger partial charge on any atom is -0.367 e. The average molecular weight is 344 g/mol. The fourth-order valence-electron chi connectivity index (χ4n) is 3.05. The molecule has 2 atom stereocenters. The van der Waals surface area contributed by atoms with E-state index in [2.05, 4.69) is 27.5 Å². The molecule has 0 spiro atoms. The van der Waals surface area contributed by atoms with E-state index < -0.39 is 0 Å². The first-order chi connectivity index (χ1) is 12.0. The fourth-order valence-corrected chi connectivity index (χ4v) is 3.05. The number of pyridine rings is 1. The number of nitrogens with zero attached hydrogens (tertiary/aromatic N) is 1. The van der Waals surface area contributed by atoms with E-state index in [9.17, 15) is 9.59 Å². The van der Waals surface area contributed by atoms with E-state index >= 15 is 0 Å². The third-order valence-corrected chi connectivity index (χ3v) is 4.26. The molecule has 0 aromatic carbocycles. The summed E-state index contributed by atoms with van der Waals surface area (Å²) in [4.78, 5) is 28.4. The van der Waals surface area contributed by atoms with Crippen molar-refractivity contribution in [1.82, 2.24) is 15.6 Å². The summed E-state index contributed by atoms with van der Waals surface area (Å²) in [7, 11) is 0. The molecule has 25 heavy (non-hydrogen) atoms. The zero-order chi connectivity index (χ0) is 18.2. The smallest absolute Gasteiger partial charge is 0.253 e. The van der Waals surface area contributed by atoms with Crippen LogP contribution in [0.5, 0.6) is 0 Å². The van der Waals surface area contributed by atoms with Gasteiger partial charge in [0.15, 0.2) is 0 Å². The molecule has 3 N–H and O–H groups in total. The topological polar surface area (TPSA) is 83.1 Å². The monoisotopic (exact) mass is 344 g/mol. The van der Waals surface area contributed by atoms with Crippen molar-refractivity contribution < 1.29 is 9.59 Å². The van der Waals surface area contributed by atoms with Crippen molar-refractivity contribution in [2.24, 2.45) is 5.92 Å². The number of carbonyl (C=O) groups excluding carboxylic acids is 2. The maximum atomic E-state index is 12.2. The highest BCUT2D eigenvalue weighted by atomic mass is 16.2. The van der Waals surface area contributed by atoms with Crippen molar-refractivity contribution in [3.63, 3.8) is 0 Å². The van der Waals surface area contributed by atoms with Crippen LogP contribution < -0.4 is 16.0 Å². The second-order valence-electron chi connectivity index (χ2n) is 6.80. The molecular formula is C19H28N4O2. The lowest BCUT2D eigenvalue weighted by Gasteiger charge is -2.29. The van der Waals surface area contributed by atoms with Crippen LogP contribution in [0.25, 0.3) is 0 Å². The van der Waals surface area contributed by atoms with Gasteiger partial charge in [0, 0.05) is 30.7 Å². The van der Waals surface area contributed by atoms with Gasteiger partial charge in [-0.1, -0.05) is 12.5 Å². The molecule has 1 heterocycles. The summed E-state index contributed by atoms with van der Waals surface area (Å²) in [5, 5.41) is 9.11. The number of amides is 2. The molecule has 136 valence electrons. The zero-order valence-electron chi connectivity index (χ0n) is 15.0. The van der Waals surface area contributed by atoms with Crippen LogP contribution in [-0.4, -0.2) is 35.4 Å². The van der Waals surface area contributed by atoms with Crippen LogP contribution in [0.1, 0.15) is 49.9 Å². The molecule has 1 saturated carbocycles. The van der Waals surface area contributed by atoms with Gasteiger partial charge in [0.2, 0.25) is 5.91 Å². The van der Waals surface area contributed by atoms with Crippen LogP contribution >= 0.6 is 0 Å². The molecule has 1 fully saturated rings. The van der Waals surface area contributed by atoms with Gasteiger partial charge in [-0.3, -0.25) is 9.59 Å². The Morgan fingerprint density at radius 1 is 1.36 bits per heavy atom. The molecular weight excluding hydrogens is 316 g/mol. The number of nitrogens with one attached hydrogen (secondary N) is 3. The lowest BCUT2D eigenvalue weighted by Crippen LogP contribution is -2.40. The normalized spacial score (nSPS) is 20.0. The second-order valence-corrected chi connectivity index (χ2v) is 6.80. The molecule has 0 radical (unpaired) electrons. The Morgan fingerprint density at radius 3 is 2.80 bits per heavy atom. The Morgan fingerprint density at radius 2 is 2.16 bits per heavy atom. The Labute approximate surface area is 149 Å². The molecule has 1 aliphatic rings. The molecule has 0 bridgehead atoms. The van der Waals surface area contributed by atoms with Crippen molar-refractivity contribution in [3.8, 4) is 0 Å². The first-order valence-corrected chi connectivity index (χ1v) is 8.91. The second kappa shape index (κ2) is 9.20. The van der Waals surface area contributed by atoms with E-state index in [0.29, 0.717) is 12.1 Å². The van der Waals surface area contributed by atoms with Gasteiger partial charge < -0.3 is 16.0 Å². The summed E-state index contributed by atoms with van der Waals surface area (Å²) in [6.45, 7) is 7.96. The van der Waals surface area contributed by atoms with Gasteiger partial charge in [0.05, 0.1) is 5.56 Å². The summed E-state index contributed by atoms with van der Waals surface area (Å²) in [6, 6.07) is 3.95. The van der Waals surface area contributed by atoms with Gasteiger partial charge in [-0.25, -0.2) is 4.98 Å². The molecule has 2 amide bonds. The molecule has 0 saturated heterocycles. The Bertz CT molecular complexity index is 598. The lowest BCUT2D eigenvalue weighted by molar-refractivity contribution is -0.126. The van der Waals surface area contributed by atoms with Gasteiger partial charge in [0.1, 0.15) is 5.82 Å². The first-order valence-electron chi connectivity index (χ1n) is 8.91. The highest BCUT2D eigenvalue weighted by Gasteiger charge is 2.27. The van der Waals surface area contributed by atoms with Gasteiger partial charge in [-0.2, -0.15) is 0 Å². The summed E-state index contributed by atoms with van der Waals surface area (Å²) in [5.74, 6) is 0.763. The van der Waals surface area contributed by atoms with Crippen molar-refractivity contribution in [2.75, 3.05) is 11.9 Å². The van der Waals surface area contributed by atoms with E-state index in [1.54, 1.807) is 24.4 Å². The fraction of sp³-hybridized carbons (Fsp3) is 0.526. The maximum Gasteiger partial charge on any atom is 0.253 e. The number of carbonyl (C=O) groups is 2. The standard InChI is InChI=1S/C19H28N4O2/c1-4-10-20-18(24)15-8-9-17(21-12-15)23-16-7-5-6-14(11-16)19(25)22-13(2)3/h4,8-9,12-14,16H,1,5-7,10-11H2,2-3H3,(H,20,24)(H,21,23)(H,22,25)/t14-,16+/m1/s1. The van der Waals surface area contributed by atoms with Crippen LogP contribution in [0.4, 0.5) is 5.82 Å². The molecule has 1 aromatic rings. The number of hydrogen-bond donors (Lipinski definition) is 3. The van der Waals surface area contributed by atoms with Gasteiger partial charge in [-0.15, -0.1) is 6.58 Å². The number of rotatable bonds is 7. The lowest BCUT2D eigenvalue weighted by atomic mass is 9.85. The van der Waals surface area contributed by atoms with E-state index in [-0.39, 0.29) is 29.8 Å². The van der Waals surface area contributed by atoms with E-state index in [1.807, 2.05) is 13.8 Å². The summed E-state index contributed by atoms with van der Waals surface area (Å²) < 4.78 is 0. The third kappa shape index (κ3) is 5.89. The maximum absolute atomic E-state index is 12.2. The van der Waals surface area contributed by atoms with Crippen LogP contribution in [0.2, 0.25) is 0 Å². The van der Waals surface area contributed by atoms with Crippen molar-refractivity contribution in [1.29, 1.82) is 0 Å². The predicted octanol–water partition coefficient (Wildman–Crippen LogP) is 2.49. The van der Waals surface area contributed by atoms with Crippen LogP contribution in [0.15, 0.2) is 31.0 Å². The van der Waals surface area contributed by atoms with Crippen LogP contribution in [-0.2, 0) is 4.79 Å². The minimum atomic E-state index is -0.165. The largest absolute Gasteiger partial charge is 0.367 e. The highest BCUT2D eigenvalue weighted by molar-refractivity contribution is 5.94. The quantitative estimate of drug-likeness (QED) is 0.664. The van der Waals surface area contributed by atoms with Crippen molar-refractivity contribution in [2.45, 2.75) is 51.6 Å². The van der Waals surface area contributed by atoms with Gasteiger partial charge in [0.25, 0.3) is 5.91 Å². The summed E-state index contributed by atoms with van der Waals surface area (Å²) in [6.07, 6.45) is 6.99. The number of anilines is 1. The number of hydrogen-bond acceptors (Lipinski definition) is 4. The predicted molar refractivity (Wildman–Crippen MR) is 99.4 cm³/mol. The van der Waals surface area contributed by atoms with Crippen molar-refractivity contribution in [3.05, 3.63) is 36.5 Å². The molecule has 1 aliphatic carbocycles. The van der Waals surface area contributed by atoms with Crippen LogP contribution in [0.3, 0.4) is 0 Å². The highest BCUT2D eigenvalue weighted by Crippen LogP contribution is 2.26. The molecule has 0 unspecified atom stereocenters. The SMILES string of the molecule is C=CCNC(=O)c1ccc(N[C@H]2CCC[C@@H](C(=O)NC(C)C)C2)nc1. The molecule has 2 rings (SSSR count). The summed E-state index contributed by atoms with van der Waals surface area (Å²) >= 11 is 0. The third-order valence-electron chi connectivity index (χ3n) is 4.26. The van der Waals surface area contributed by atoms with E-state index in [0.717, 1.165) is 31.5 Å². The zero-order valence-corrected chi connectivity index (χ0v) is 15.0. The molecule has 6 heteroatoms. The minimum absolute atomic E-state index is 0.0533. The Hall–Kier alpha value is -2.37. The summed E-state index contributed by atoms with van der Waals surface area (Å²) in [5.41, 5.74) is 0.519.